The van der Waals surface area contributed by atoms with Crippen LogP contribution in [0.1, 0.15) is 35.6 Å². The zero-order chi connectivity index (χ0) is 22.6. The van der Waals surface area contributed by atoms with Crippen molar-refractivity contribution in [2.45, 2.75) is 24.4 Å². The Morgan fingerprint density at radius 3 is 1.84 bits per heavy atom. The van der Waals surface area contributed by atoms with Gasteiger partial charge in [-0.3, -0.25) is 4.90 Å². The van der Waals surface area contributed by atoms with Crippen LogP contribution in [0.3, 0.4) is 0 Å². The maximum absolute atomic E-state index is 12.3. The summed E-state index contributed by atoms with van der Waals surface area (Å²) in [4.78, 5) is 14.7. The summed E-state index contributed by atoms with van der Waals surface area (Å²) in [6.45, 7) is 1.56. The molecule has 1 fully saturated rings. The Hall–Kier alpha value is -2.53. The van der Waals surface area contributed by atoms with Crippen LogP contribution >= 0.6 is 23.2 Å². The number of benzene rings is 3. The summed E-state index contributed by atoms with van der Waals surface area (Å²) in [5.74, 6) is 0. The third-order valence-electron chi connectivity index (χ3n) is 6.32. The number of halogens is 2. The number of nitrogens with one attached hydrogen (secondary N) is 2. The number of hydrogen-bond acceptors (Lipinski definition) is 2. The van der Waals surface area contributed by atoms with Gasteiger partial charge in [0, 0.05) is 30.2 Å². The highest BCUT2D eigenvalue weighted by molar-refractivity contribution is 6.32. The number of hydrogen-bond donors (Lipinski definition) is 2. The van der Waals surface area contributed by atoms with Gasteiger partial charge in [-0.25, -0.2) is 4.79 Å². The van der Waals surface area contributed by atoms with Crippen LogP contribution in [0.4, 0.5) is 4.79 Å². The zero-order valence-electron chi connectivity index (χ0n) is 18.0. The molecule has 0 atom stereocenters. The lowest BCUT2D eigenvalue weighted by Crippen LogP contribution is -2.55. The summed E-state index contributed by atoms with van der Waals surface area (Å²) in [5, 5.41) is 7.39. The highest BCUT2D eigenvalue weighted by atomic mass is 35.5. The Morgan fingerprint density at radius 2 is 1.34 bits per heavy atom. The first-order chi connectivity index (χ1) is 15.5. The van der Waals surface area contributed by atoms with E-state index in [4.69, 9.17) is 23.2 Å². The first-order valence-corrected chi connectivity index (χ1v) is 11.6. The standard InChI is InChI=1S/C26H27Cl2N3O/c1-29-25(32)30-26(19-9-3-2-4-10-19)15-17-31(18-16-26)24(20-11-5-7-13-22(20)27)21-12-6-8-14-23(21)28/h2-14,24H,15-18H2,1H3,(H2,29,30,32). The number of likely N-dealkylation sites (tertiary alicyclic amines) is 1. The van der Waals surface area contributed by atoms with Gasteiger partial charge in [0.2, 0.25) is 0 Å². The molecule has 0 bridgehead atoms. The van der Waals surface area contributed by atoms with E-state index in [1.165, 1.54) is 0 Å². The maximum Gasteiger partial charge on any atom is 0.315 e. The smallest absolute Gasteiger partial charge is 0.315 e. The van der Waals surface area contributed by atoms with Gasteiger partial charge in [0.05, 0.1) is 11.6 Å². The predicted octanol–water partition coefficient (Wildman–Crippen LogP) is 6.00. The van der Waals surface area contributed by atoms with Crippen molar-refractivity contribution in [1.29, 1.82) is 0 Å². The zero-order valence-corrected chi connectivity index (χ0v) is 19.5. The van der Waals surface area contributed by atoms with Gasteiger partial charge in [0.15, 0.2) is 0 Å². The van der Waals surface area contributed by atoms with Crippen molar-refractivity contribution in [3.8, 4) is 0 Å². The monoisotopic (exact) mass is 467 g/mol. The quantitative estimate of drug-likeness (QED) is 0.482. The maximum atomic E-state index is 12.3. The Kier molecular flexibility index (Phi) is 7.04. The fourth-order valence-corrected chi connectivity index (χ4v) is 5.12. The highest BCUT2D eigenvalue weighted by Crippen LogP contribution is 2.41. The molecular formula is C26H27Cl2N3O. The molecule has 0 radical (unpaired) electrons. The number of urea groups is 1. The molecule has 2 amide bonds. The Labute approximate surface area is 199 Å². The molecule has 166 valence electrons. The minimum atomic E-state index is -0.427. The van der Waals surface area contributed by atoms with Gasteiger partial charge in [0.25, 0.3) is 0 Å². The Bertz CT molecular complexity index is 1020. The van der Waals surface area contributed by atoms with Gasteiger partial charge in [0.1, 0.15) is 0 Å². The van der Waals surface area contributed by atoms with E-state index in [-0.39, 0.29) is 12.1 Å². The molecular weight excluding hydrogens is 441 g/mol. The van der Waals surface area contributed by atoms with Gasteiger partial charge >= 0.3 is 6.03 Å². The molecule has 2 N–H and O–H groups in total. The molecule has 0 aliphatic carbocycles. The van der Waals surface area contributed by atoms with Gasteiger partial charge in [-0.05, 0) is 41.7 Å². The molecule has 6 heteroatoms. The molecule has 0 aromatic heterocycles. The van der Waals surface area contributed by atoms with Crippen molar-refractivity contribution in [3.63, 3.8) is 0 Å². The van der Waals surface area contributed by atoms with E-state index in [1.54, 1.807) is 7.05 Å². The van der Waals surface area contributed by atoms with Gasteiger partial charge in [-0.2, -0.15) is 0 Å². The molecule has 3 aromatic rings. The third kappa shape index (κ3) is 4.63. The fourth-order valence-electron chi connectivity index (χ4n) is 4.64. The molecule has 1 aliphatic rings. The van der Waals surface area contributed by atoms with Crippen LogP contribution in [0.15, 0.2) is 78.9 Å². The summed E-state index contributed by atoms with van der Waals surface area (Å²) >= 11 is 13.3. The second-order valence-electron chi connectivity index (χ2n) is 8.13. The summed E-state index contributed by atoms with van der Waals surface area (Å²) in [6, 6.07) is 25.9. The molecule has 1 aliphatic heterocycles. The van der Waals surface area contributed by atoms with E-state index in [2.05, 4.69) is 39.8 Å². The molecule has 3 aromatic carbocycles. The van der Waals surface area contributed by atoms with E-state index in [1.807, 2.05) is 54.6 Å². The lowest BCUT2D eigenvalue weighted by molar-refractivity contribution is 0.114. The second-order valence-corrected chi connectivity index (χ2v) is 8.95. The molecule has 4 rings (SSSR count). The number of piperidine rings is 1. The molecule has 1 heterocycles. The van der Waals surface area contributed by atoms with Crippen molar-refractivity contribution in [2.75, 3.05) is 20.1 Å². The van der Waals surface area contributed by atoms with E-state index in [0.717, 1.165) is 52.7 Å². The first kappa shape index (κ1) is 22.7. The largest absolute Gasteiger partial charge is 0.341 e. The van der Waals surface area contributed by atoms with Crippen LogP contribution in [0.25, 0.3) is 0 Å². The fraction of sp³-hybridized carbons (Fsp3) is 0.269. The molecule has 4 nitrogen and oxygen atoms in total. The van der Waals surface area contributed by atoms with Crippen LogP contribution in [0.2, 0.25) is 10.0 Å². The van der Waals surface area contributed by atoms with Crippen molar-refractivity contribution in [2.24, 2.45) is 0 Å². The summed E-state index contributed by atoms with van der Waals surface area (Å²) < 4.78 is 0. The van der Waals surface area contributed by atoms with E-state index >= 15 is 0 Å². The molecule has 0 saturated carbocycles. The lowest BCUT2D eigenvalue weighted by atomic mass is 9.80. The average Bonchev–Trinajstić information content (AvgIpc) is 2.83. The first-order valence-electron chi connectivity index (χ1n) is 10.8. The highest BCUT2D eigenvalue weighted by Gasteiger charge is 2.40. The number of rotatable bonds is 5. The topological polar surface area (TPSA) is 44.4 Å². The van der Waals surface area contributed by atoms with Crippen molar-refractivity contribution in [1.82, 2.24) is 15.5 Å². The van der Waals surface area contributed by atoms with Crippen LogP contribution in [0, 0.1) is 0 Å². The van der Waals surface area contributed by atoms with Crippen LogP contribution in [-0.2, 0) is 5.54 Å². The third-order valence-corrected chi connectivity index (χ3v) is 7.01. The molecule has 1 saturated heterocycles. The second kappa shape index (κ2) is 9.95. The SMILES string of the molecule is CNC(=O)NC1(c2ccccc2)CCN(C(c2ccccc2Cl)c2ccccc2Cl)CC1. The lowest BCUT2D eigenvalue weighted by Gasteiger charge is -2.45. The normalized spacial score (nSPS) is 16.0. The number of carbonyl (C=O) groups is 1. The minimum absolute atomic E-state index is 0.0637. The number of carbonyl (C=O) groups excluding carboxylic acids is 1. The van der Waals surface area contributed by atoms with Gasteiger partial charge in [-0.1, -0.05) is 89.9 Å². The summed E-state index contributed by atoms with van der Waals surface area (Å²) in [5.41, 5.74) is 2.77. The average molecular weight is 468 g/mol. The van der Waals surface area contributed by atoms with Crippen LogP contribution in [0.5, 0.6) is 0 Å². The van der Waals surface area contributed by atoms with Crippen molar-refractivity contribution >= 4 is 29.2 Å². The Morgan fingerprint density at radius 1 is 0.844 bits per heavy atom. The van der Waals surface area contributed by atoms with Gasteiger partial charge in [-0.15, -0.1) is 0 Å². The molecule has 32 heavy (non-hydrogen) atoms. The van der Waals surface area contributed by atoms with E-state index < -0.39 is 5.54 Å². The van der Waals surface area contributed by atoms with Crippen LogP contribution < -0.4 is 10.6 Å². The summed E-state index contributed by atoms with van der Waals surface area (Å²) in [6.07, 6.45) is 1.55. The Balaban J connectivity index is 1.68. The number of nitrogens with zero attached hydrogens (tertiary/aromatic N) is 1. The molecule has 0 spiro atoms. The van der Waals surface area contributed by atoms with Gasteiger partial charge < -0.3 is 10.6 Å². The van der Waals surface area contributed by atoms with Crippen molar-refractivity contribution < 1.29 is 4.79 Å². The molecule has 0 unspecified atom stereocenters. The summed E-state index contributed by atoms with van der Waals surface area (Å²) in [7, 11) is 1.65. The van der Waals surface area contributed by atoms with Crippen LogP contribution in [-0.4, -0.2) is 31.1 Å². The van der Waals surface area contributed by atoms with E-state index in [0.29, 0.717) is 0 Å². The van der Waals surface area contributed by atoms with Crippen molar-refractivity contribution in [3.05, 3.63) is 106 Å². The predicted molar refractivity (Wildman–Crippen MR) is 131 cm³/mol. The number of amides is 2. The van der Waals surface area contributed by atoms with E-state index in [9.17, 15) is 4.79 Å². The minimum Gasteiger partial charge on any atom is -0.341 e.